The third-order valence-corrected chi connectivity index (χ3v) is 7.28. The minimum atomic E-state index is -0.564. The van der Waals surface area contributed by atoms with Crippen LogP contribution in [0.25, 0.3) is 0 Å². The summed E-state index contributed by atoms with van der Waals surface area (Å²) in [5.74, 6) is -1.54. The van der Waals surface area contributed by atoms with Gasteiger partial charge in [-0.05, 0) is 61.4 Å². The maximum atomic E-state index is 12.8. The van der Waals surface area contributed by atoms with Gasteiger partial charge >= 0.3 is 5.97 Å². The van der Waals surface area contributed by atoms with E-state index in [1.165, 1.54) is 4.90 Å². The van der Waals surface area contributed by atoms with Gasteiger partial charge < -0.3 is 9.64 Å². The second-order valence-electron chi connectivity index (χ2n) is 8.81. The quantitative estimate of drug-likeness (QED) is 0.351. The number of hydrogen-bond acceptors (Lipinski definition) is 5. The van der Waals surface area contributed by atoms with E-state index < -0.39 is 11.9 Å². The van der Waals surface area contributed by atoms with E-state index in [0.717, 1.165) is 35.8 Å². The smallest absolute Gasteiger partial charge is 0.316 e. The average Bonchev–Trinajstić information content (AvgIpc) is 3.33. The van der Waals surface area contributed by atoms with Crippen molar-refractivity contribution in [2.24, 2.45) is 17.8 Å². The first-order chi connectivity index (χ1) is 15.9. The third-order valence-electron chi connectivity index (χ3n) is 6.75. The number of imide groups is 1. The van der Waals surface area contributed by atoms with Crippen LogP contribution < -0.4 is 14.5 Å². The van der Waals surface area contributed by atoms with E-state index in [1.807, 2.05) is 24.3 Å². The molecule has 0 aromatic heterocycles. The summed E-state index contributed by atoms with van der Waals surface area (Å²) in [6.07, 6.45) is 3.57. The van der Waals surface area contributed by atoms with Crippen molar-refractivity contribution < 1.29 is 23.9 Å². The first-order valence-corrected chi connectivity index (χ1v) is 12.0. The molecule has 8 heteroatoms. The highest BCUT2D eigenvalue weighted by Crippen LogP contribution is 2.40. The van der Waals surface area contributed by atoms with Crippen molar-refractivity contribution >= 4 is 51.0 Å². The van der Waals surface area contributed by atoms with E-state index in [2.05, 4.69) is 15.9 Å². The highest BCUT2D eigenvalue weighted by molar-refractivity contribution is 9.10. The second kappa shape index (κ2) is 8.74. The number of halogens is 1. The molecule has 33 heavy (non-hydrogen) atoms. The normalized spacial score (nSPS) is 24.9. The SMILES string of the molecule is O=C(Oc1ccc(N2C(=O)[C@H]3CCCC[C@H]3C2=O)cc1)[C@@H]1CC(=O)N(c2ccc(Br)cc2)C1. The first-order valence-electron chi connectivity index (χ1n) is 11.2. The molecule has 0 bridgehead atoms. The minimum Gasteiger partial charge on any atom is -0.426 e. The molecule has 5 rings (SSSR count). The van der Waals surface area contributed by atoms with Crippen LogP contribution >= 0.6 is 15.9 Å². The molecule has 2 aromatic rings. The number of carbonyl (C=O) groups excluding carboxylic acids is 4. The van der Waals surface area contributed by atoms with Gasteiger partial charge in [0.25, 0.3) is 0 Å². The van der Waals surface area contributed by atoms with E-state index in [9.17, 15) is 19.2 Å². The Morgan fingerprint density at radius 1 is 0.848 bits per heavy atom. The van der Waals surface area contributed by atoms with Crippen LogP contribution in [0.5, 0.6) is 5.75 Å². The lowest BCUT2D eigenvalue weighted by atomic mass is 9.81. The maximum absolute atomic E-state index is 12.8. The van der Waals surface area contributed by atoms with Crippen LogP contribution in [0, 0.1) is 17.8 Å². The lowest BCUT2D eigenvalue weighted by Crippen LogP contribution is -2.30. The molecule has 2 heterocycles. The van der Waals surface area contributed by atoms with Crippen LogP contribution in [0.15, 0.2) is 53.0 Å². The third kappa shape index (κ3) is 4.08. The Morgan fingerprint density at radius 2 is 1.42 bits per heavy atom. The lowest BCUT2D eigenvalue weighted by molar-refractivity contribution is -0.139. The van der Waals surface area contributed by atoms with Gasteiger partial charge in [-0.25, -0.2) is 0 Å². The van der Waals surface area contributed by atoms with Gasteiger partial charge in [0.15, 0.2) is 0 Å². The standard InChI is InChI=1S/C25H23BrN2O5/c26-16-5-7-17(8-6-16)27-14-15(13-22(27)29)25(32)33-19-11-9-18(10-12-19)28-23(30)20-3-1-2-4-21(20)24(28)31/h5-12,15,20-21H,1-4,13-14H2/t15-,20-,21+/m1/s1. The topological polar surface area (TPSA) is 84.0 Å². The lowest BCUT2D eigenvalue weighted by Gasteiger charge is -2.19. The summed E-state index contributed by atoms with van der Waals surface area (Å²) in [5.41, 5.74) is 1.24. The predicted molar refractivity (Wildman–Crippen MR) is 125 cm³/mol. The Labute approximate surface area is 199 Å². The van der Waals surface area contributed by atoms with E-state index in [1.54, 1.807) is 29.2 Å². The highest BCUT2D eigenvalue weighted by atomic mass is 79.9. The van der Waals surface area contributed by atoms with Gasteiger partial charge in [0.1, 0.15) is 5.75 Å². The van der Waals surface area contributed by atoms with Crippen molar-refractivity contribution in [3.8, 4) is 5.75 Å². The molecular formula is C25H23BrN2O5. The molecule has 2 aliphatic heterocycles. The number of benzene rings is 2. The first kappa shape index (κ1) is 21.8. The van der Waals surface area contributed by atoms with Crippen molar-refractivity contribution in [1.29, 1.82) is 0 Å². The van der Waals surface area contributed by atoms with Crippen LogP contribution in [0.3, 0.4) is 0 Å². The Hall–Kier alpha value is -3.00. The van der Waals surface area contributed by atoms with Crippen LogP contribution in [0.2, 0.25) is 0 Å². The maximum Gasteiger partial charge on any atom is 0.316 e. The molecule has 0 unspecified atom stereocenters. The molecule has 3 amide bonds. The average molecular weight is 511 g/mol. The summed E-state index contributed by atoms with van der Waals surface area (Å²) in [6.45, 7) is 0.261. The molecule has 2 aromatic carbocycles. The van der Waals surface area contributed by atoms with E-state index in [-0.39, 0.29) is 42.5 Å². The largest absolute Gasteiger partial charge is 0.426 e. The number of hydrogen-bond donors (Lipinski definition) is 0. The minimum absolute atomic E-state index is 0.0898. The second-order valence-corrected chi connectivity index (χ2v) is 9.72. The molecule has 0 radical (unpaired) electrons. The zero-order valence-electron chi connectivity index (χ0n) is 17.9. The van der Waals surface area contributed by atoms with Gasteiger partial charge in [0.2, 0.25) is 17.7 Å². The van der Waals surface area contributed by atoms with E-state index in [0.29, 0.717) is 11.4 Å². The van der Waals surface area contributed by atoms with Gasteiger partial charge in [-0.2, -0.15) is 0 Å². The zero-order chi connectivity index (χ0) is 23.1. The zero-order valence-corrected chi connectivity index (χ0v) is 19.5. The summed E-state index contributed by atoms with van der Waals surface area (Å²) in [7, 11) is 0. The van der Waals surface area contributed by atoms with Crippen molar-refractivity contribution in [3.05, 3.63) is 53.0 Å². The number of esters is 1. The van der Waals surface area contributed by atoms with Crippen LogP contribution in [0.4, 0.5) is 11.4 Å². The van der Waals surface area contributed by atoms with Gasteiger partial charge in [0, 0.05) is 23.1 Å². The van der Waals surface area contributed by atoms with Crippen LogP contribution in [0.1, 0.15) is 32.1 Å². The van der Waals surface area contributed by atoms with Crippen LogP contribution in [-0.4, -0.2) is 30.2 Å². The van der Waals surface area contributed by atoms with Crippen molar-refractivity contribution in [2.75, 3.05) is 16.3 Å². The molecule has 0 spiro atoms. The number of fused-ring (bicyclic) bond motifs is 1. The van der Waals surface area contributed by atoms with E-state index >= 15 is 0 Å². The van der Waals surface area contributed by atoms with E-state index in [4.69, 9.17) is 4.74 Å². The fourth-order valence-electron chi connectivity index (χ4n) is 5.02. The van der Waals surface area contributed by atoms with Gasteiger partial charge in [0.05, 0.1) is 23.4 Å². The number of anilines is 2. The molecule has 7 nitrogen and oxygen atoms in total. The Bertz CT molecular complexity index is 1090. The molecule has 3 fully saturated rings. The summed E-state index contributed by atoms with van der Waals surface area (Å²) in [6, 6.07) is 13.8. The molecular weight excluding hydrogens is 488 g/mol. The summed E-state index contributed by atoms with van der Waals surface area (Å²) < 4.78 is 6.41. The van der Waals surface area contributed by atoms with Gasteiger partial charge in [-0.1, -0.05) is 28.8 Å². The molecule has 2 saturated heterocycles. The summed E-state index contributed by atoms with van der Waals surface area (Å²) >= 11 is 3.37. The number of carbonyl (C=O) groups is 4. The van der Waals surface area contributed by atoms with Gasteiger partial charge in [-0.3, -0.25) is 24.1 Å². The Balaban J connectivity index is 1.24. The Morgan fingerprint density at radius 3 is 2.03 bits per heavy atom. The monoisotopic (exact) mass is 510 g/mol. The number of amides is 3. The fourth-order valence-corrected chi connectivity index (χ4v) is 5.28. The van der Waals surface area contributed by atoms with Crippen molar-refractivity contribution in [3.63, 3.8) is 0 Å². The summed E-state index contributed by atoms with van der Waals surface area (Å²) in [4.78, 5) is 53.5. The number of rotatable bonds is 4. The molecule has 3 aliphatic rings. The van der Waals surface area contributed by atoms with Crippen molar-refractivity contribution in [2.45, 2.75) is 32.1 Å². The number of nitrogens with zero attached hydrogens (tertiary/aromatic N) is 2. The summed E-state index contributed by atoms with van der Waals surface area (Å²) in [5, 5.41) is 0. The molecule has 1 saturated carbocycles. The van der Waals surface area contributed by atoms with Crippen molar-refractivity contribution in [1.82, 2.24) is 0 Å². The molecule has 3 atom stereocenters. The molecule has 0 N–H and O–H groups in total. The predicted octanol–water partition coefficient (Wildman–Crippen LogP) is 4.09. The molecule has 170 valence electrons. The molecule has 1 aliphatic carbocycles. The van der Waals surface area contributed by atoms with Crippen LogP contribution in [-0.2, 0) is 19.2 Å². The van der Waals surface area contributed by atoms with Gasteiger partial charge in [-0.15, -0.1) is 0 Å². The highest BCUT2D eigenvalue weighted by Gasteiger charge is 2.48. The fraction of sp³-hybridized carbons (Fsp3) is 0.360. The Kier molecular flexibility index (Phi) is 5.78. The number of ether oxygens (including phenoxy) is 1.